The van der Waals surface area contributed by atoms with Gasteiger partial charge in [0.15, 0.2) is 10.7 Å². The number of nitrogen functional groups attached to an aromatic ring is 1. The number of nitrogens with two attached hydrogens (primary N) is 1. The lowest BCUT2D eigenvalue weighted by Gasteiger charge is -2.34. The Labute approximate surface area is 169 Å². The second-order valence-corrected chi connectivity index (χ2v) is 7.02. The first kappa shape index (κ1) is 22.2. The van der Waals surface area contributed by atoms with Gasteiger partial charge in [-0.1, -0.05) is 17.3 Å². The lowest BCUT2D eigenvalue weighted by Crippen LogP contribution is -2.62. The Bertz CT molecular complexity index is 939. The smallest absolute Gasteiger partial charge is 0.269 e. The van der Waals surface area contributed by atoms with Crippen LogP contribution in [0.15, 0.2) is 30.5 Å². The van der Waals surface area contributed by atoms with E-state index in [1.807, 2.05) is 0 Å². The van der Waals surface area contributed by atoms with Gasteiger partial charge >= 0.3 is 0 Å². The van der Waals surface area contributed by atoms with E-state index < -0.39 is 29.9 Å². The van der Waals surface area contributed by atoms with E-state index in [1.54, 1.807) is 12.1 Å². The maximum Gasteiger partial charge on any atom is 0.269 e. The molecule has 154 valence electrons. The van der Waals surface area contributed by atoms with Crippen molar-refractivity contribution in [1.82, 2.24) is 15.8 Å². The number of benzene rings is 1. The van der Waals surface area contributed by atoms with E-state index in [0.29, 0.717) is 15.6 Å². The lowest BCUT2D eigenvalue weighted by molar-refractivity contribution is -0.157. The summed E-state index contributed by atoms with van der Waals surface area (Å²) in [4.78, 5) is 28.8. The molecule has 0 saturated heterocycles. The number of hydrogen-bond acceptors (Lipinski definition) is 7. The van der Waals surface area contributed by atoms with Crippen molar-refractivity contribution in [2.24, 2.45) is 0 Å². The van der Waals surface area contributed by atoms with Crippen LogP contribution < -0.4 is 16.5 Å². The molecule has 0 aliphatic heterocycles. The third kappa shape index (κ3) is 5.26. The van der Waals surface area contributed by atoms with Crippen LogP contribution in [0.5, 0.6) is 0 Å². The van der Waals surface area contributed by atoms with Gasteiger partial charge < -0.3 is 15.8 Å². The number of carbonyl (C=O) groups is 2. The molecule has 29 heavy (non-hydrogen) atoms. The van der Waals surface area contributed by atoms with Gasteiger partial charge in [0.25, 0.3) is 18.2 Å². The number of aromatic nitrogens is 1. The minimum atomic E-state index is -3.12. The number of thiazole rings is 1. The first-order valence-electron chi connectivity index (χ1n) is 8.12. The van der Waals surface area contributed by atoms with Crippen LogP contribution in [0.1, 0.15) is 27.7 Å². The monoisotopic (exact) mass is 424 g/mol. The van der Waals surface area contributed by atoms with Crippen LogP contribution in [-0.4, -0.2) is 47.2 Å². The third-order valence-electron chi connectivity index (χ3n) is 4.09. The van der Waals surface area contributed by atoms with E-state index >= 15 is 0 Å². The molecular weight excluding hydrogens is 406 g/mol. The first-order valence-corrected chi connectivity index (χ1v) is 8.94. The number of carbonyl (C=O) groups excluding carboxylic acids is 2. The van der Waals surface area contributed by atoms with Crippen molar-refractivity contribution in [3.8, 4) is 11.8 Å². The summed E-state index contributed by atoms with van der Waals surface area (Å²) < 4.78 is 31.5. The Morgan fingerprint density at radius 3 is 2.45 bits per heavy atom. The zero-order valence-corrected chi connectivity index (χ0v) is 16.2. The van der Waals surface area contributed by atoms with Gasteiger partial charge in [0.05, 0.1) is 11.1 Å². The number of nitrogens with one attached hydrogen (secondary N) is 2. The van der Waals surface area contributed by atoms with Gasteiger partial charge in [-0.05, 0) is 37.1 Å². The highest BCUT2D eigenvalue weighted by Crippen LogP contribution is 2.24. The van der Waals surface area contributed by atoms with Gasteiger partial charge in [-0.15, -0.1) is 0 Å². The Balaban J connectivity index is 2.18. The van der Waals surface area contributed by atoms with E-state index in [0.717, 1.165) is 14.0 Å². The number of hydrogen-bond donors (Lipinski definition) is 4. The fourth-order valence-corrected chi connectivity index (χ4v) is 2.80. The number of hydroxylamine groups is 1. The zero-order valence-electron chi connectivity index (χ0n) is 15.4. The van der Waals surface area contributed by atoms with Gasteiger partial charge in [-0.25, -0.2) is 19.2 Å². The van der Waals surface area contributed by atoms with E-state index in [4.69, 9.17) is 15.7 Å². The molecule has 1 aromatic carbocycles. The van der Waals surface area contributed by atoms with Gasteiger partial charge in [-0.2, -0.15) is 0 Å². The van der Waals surface area contributed by atoms with Crippen LogP contribution in [0, 0.1) is 11.8 Å². The van der Waals surface area contributed by atoms with Crippen LogP contribution >= 0.6 is 11.3 Å². The molecule has 8 nitrogen and oxygen atoms in total. The van der Waals surface area contributed by atoms with Crippen LogP contribution in [0.3, 0.4) is 0 Å². The minimum absolute atomic E-state index is 0.0982. The second-order valence-electron chi connectivity index (χ2n) is 5.96. The number of methoxy groups -OCH3 is 1. The molecular formula is C18H18F2N4O4S. The molecule has 0 radical (unpaired) electrons. The number of rotatable bonds is 6. The third-order valence-corrected chi connectivity index (χ3v) is 4.84. The number of anilines is 1. The van der Waals surface area contributed by atoms with Crippen molar-refractivity contribution >= 4 is 28.3 Å². The Morgan fingerprint density at radius 2 is 1.97 bits per heavy atom. The van der Waals surface area contributed by atoms with Gasteiger partial charge in [0.1, 0.15) is 6.04 Å². The highest BCUT2D eigenvalue weighted by molar-refractivity contribution is 7.15. The van der Waals surface area contributed by atoms with Crippen LogP contribution in [0.25, 0.3) is 0 Å². The molecule has 0 saturated carbocycles. The number of halogens is 2. The summed E-state index contributed by atoms with van der Waals surface area (Å²) in [5.74, 6) is 3.69. The number of ether oxygens (including phenoxy) is 1. The second kappa shape index (κ2) is 9.42. The molecule has 1 unspecified atom stereocenters. The largest absolute Gasteiger partial charge is 0.375 e. The molecule has 0 bridgehead atoms. The van der Waals surface area contributed by atoms with E-state index in [2.05, 4.69) is 22.1 Å². The van der Waals surface area contributed by atoms with Crippen molar-refractivity contribution in [2.75, 3.05) is 12.8 Å². The molecule has 11 heteroatoms. The van der Waals surface area contributed by atoms with Crippen LogP contribution in [0.4, 0.5) is 13.9 Å². The normalized spacial score (nSPS) is 13.7. The maximum absolute atomic E-state index is 13.4. The topological polar surface area (TPSA) is 127 Å². The van der Waals surface area contributed by atoms with Crippen LogP contribution in [0.2, 0.25) is 0 Å². The molecule has 2 amide bonds. The molecule has 0 spiro atoms. The van der Waals surface area contributed by atoms with Gasteiger partial charge in [-0.3, -0.25) is 14.8 Å². The zero-order chi connectivity index (χ0) is 21.6. The highest BCUT2D eigenvalue weighted by Gasteiger charge is 2.48. The average molecular weight is 424 g/mol. The van der Waals surface area contributed by atoms with E-state index in [9.17, 15) is 18.4 Å². The fourth-order valence-electron chi connectivity index (χ4n) is 2.27. The summed E-state index contributed by atoms with van der Waals surface area (Å²) in [7, 11) is 0.972. The van der Waals surface area contributed by atoms with Crippen molar-refractivity contribution in [3.63, 3.8) is 0 Å². The summed E-state index contributed by atoms with van der Waals surface area (Å²) in [6.45, 7) is 0.947. The quantitative estimate of drug-likeness (QED) is 0.315. The molecule has 1 heterocycles. The average Bonchev–Trinajstić information content (AvgIpc) is 3.14. The summed E-state index contributed by atoms with van der Waals surface area (Å²) in [5, 5.41) is 11.4. The highest BCUT2D eigenvalue weighted by atomic mass is 32.1. The van der Waals surface area contributed by atoms with E-state index in [-0.39, 0.29) is 5.56 Å². The fraction of sp³-hybridized carbons (Fsp3) is 0.278. The van der Waals surface area contributed by atoms with Crippen molar-refractivity contribution < 1.29 is 28.3 Å². The van der Waals surface area contributed by atoms with Crippen molar-refractivity contribution in [1.29, 1.82) is 0 Å². The number of amides is 2. The van der Waals surface area contributed by atoms with Gasteiger partial charge in [0.2, 0.25) is 0 Å². The molecule has 0 aliphatic rings. The van der Waals surface area contributed by atoms with Crippen molar-refractivity contribution in [3.05, 3.63) is 46.5 Å². The van der Waals surface area contributed by atoms with Crippen molar-refractivity contribution in [2.45, 2.75) is 25.0 Å². The molecule has 1 aromatic heterocycles. The van der Waals surface area contributed by atoms with Gasteiger partial charge in [0, 0.05) is 18.2 Å². The predicted octanol–water partition coefficient (Wildman–Crippen LogP) is 1.40. The summed E-state index contributed by atoms with van der Waals surface area (Å²) in [5.41, 5.74) is 5.12. The minimum Gasteiger partial charge on any atom is -0.375 e. The summed E-state index contributed by atoms with van der Waals surface area (Å²) >= 11 is 1.23. The standard InChI is InChI=1S/C18H18F2N4O4S/c1-18(28-2,16(19)20)13(15(26)24-27)23-14(25)11-6-3-10(4-7-11)5-8-12-9-22-17(21)29-12/h3-4,6-7,9,13,16,27H,1-2H3,(H2,21,22)(H,23,25)(H,24,26)/t13-,18?/m1/s1. The summed E-state index contributed by atoms with van der Waals surface area (Å²) in [6, 6.07) is 4.09. The summed E-state index contributed by atoms with van der Waals surface area (Å²) in [6.07, 6.45) is -1.58. The first-order chi connectivity index (χ1) is 13.7. The Kier molecular flexibility index (Phi) is 7.22. The van der Waals surface area contributed by atoms with Crippen LogP contribution in [-0.2, 0) is 9.53 Å². The predicted molar refractivity (Wildman–Crippen MR) is 102 cm³/mol. The number of alkyl halides is 2. The maximum atomic E-state index is 13.4. The van der Waals surface area contributed by atoms with E-state index in [1.165, 1.54) is 35.1 Å². The molecule has 0 fully saturated rings. The molecule has 0 aliphatic carbocycles. The Hall–Kier alpha value is -3.07. The molecule has 2 aromatic rings. The number of nitrogens with zero attached hydrogens (tertiary/aromatic N) is 1. The molecule has 2 atom stereocenters. The molecule has 2 rings (SSSR count). The Morgan fingerprint density at radius 1 is 1.31 bits per heavy atom. The molecule has 5 N–H and O–H groups in total. The lowest BCUT2D eigenvalue weighted by atomic mass is 9.95. The SMILES string of the molecule is COC(C)(C(F)F)[C@H](NC(=O)c1ccc(C#Cc2cnc(N)s2)cc1)C(=O)NO.